The van der Waals surface area contributed by atoms with Crippen LogP contribution in [0.1, 0.15) is 6.23 Å². The molecule has 1 aliphatic heterocycles. The largest absolute Gasteiger partial charge is 0.394 e. The number of rotatable bonds is 3. The van der Waals surface area contributed by atoms with Crippen LogP contribution in [-0.2, 0) is 4.74 Å². The lowest BCUT2D eigenvalue weighted by molar-refractivity contribution is -0.0655. The summed E-state index contributed by atoms with van der Waals surface area (Å²) >= 11 is 1.85. The molecule has 8 nitrogen and oxygen atoms in total. The van der Waals surface area contributed by atoms with Crippen molar-refractivity contribution >= 4 is 22.6 Å². The van der Waals surface area contributed by atoms with Gasteiger partial charge >= 0.3 is 5.69 Å². The zero-order valence-electron chi connectivity index (χ0n) is 10.1. The Labute approximate surface area is 126 Å². The Hall–Kier alpha value is -1.01. The Balaban J connectivity index is 2.45. The summed E-state index contributed by atoms with van der Waals surface area (Å²) in [5, 5.41) is 29.8. The number of hydrogen-bond acceptors (Lipinski definition) is 6. The highest BCUT2D eigenvalue weighted by atomic mass is 127. The van der Waals surface area contributed by atoms with Gasteiger partial charge in [0.25, 0.3) is 5.56 Å². The first-order chi connectivity index (χ1) is 9.43. The van der Waals surface area contributed by atoms with Gasteiger partial charge in [0.05, 0.1) is 6.61 Å². The molecule has 0 amide bonds. The van der Waals surface area contributed by atoms with E-state index in [1.54, 1.807) is 0 Å². The summed E-state index contributed by atoms with van der Waals surface area (Å²) in [5.74, 6) is 0. The van der Waals surface area contributed by atoms with Crippen LogP contribution in [0, 0.1) is 0 Å². The second kappa shape index (κ2) is 5.77. The van der Waals surface area contributed by atoms with Gasteiger partial charge in [-0.25, -0.2) is 4.79 Å². The molecular weight excluding hydrogens is 383 g/mol. The third kappa shape index (κ3) is 2.46. The number of ether oxygens (including phenoxy) is 1. The Morgan fingerprint density at radius 3 is 2.80 bits per heavy atom. The highest BCUT2D eigenvalue weighted by molar-refractivity contribution is 14.1. The van der Waals surface area contributed by atoms with Crippen molar-refractivity contribution in [2.75, 3.05) is 6.61 Å². The van der Waals surface area contributed by atoms with Crippen molar-refractivity contribution in [2.45, 2.75) is 24.0 Å². The lowest BCUT2D eigenvalue weighted by Crippen LogP contribution is -2.48. The Kier molecular flexibility index (Phi) is 4.44. The number of H-pyrrole nitrogens is 1. The van der Waals surface area contributed by atoms with E-state index in [4.69, 9.17) is 4.74 Å². The maximum Gasteiger partial charge on any atom is 0.330 e. The molecule has 4 atom stereocenters. The van der Waals surface area contributed by atoms with Crippen LogP contribution in [0.25, 0.3) is 0 Å². The van der Waals surface area contributed by atoms with Crippen molar-refractivity contribution in [1.29, 1.82) is 0 Å². The molecule has 0 bridgehead atoms. The number of halogens is 1. The fourth-order valence-corrected chi connectivity index (χ4v) is 2.69. The quantitative estimate of drug-likeness (QED) is 0.460. The lowest BCUT2D eigenvalue weighted by atomic mass is 9.92. The second-order valence-electron chi connectivity index (χ2n) is 4.34. The van der Waals surface area contributed by atoms with E-state index in [1.165, 1.54) is 10.2 Å². The van der Waals surface area contributed by atoms with E-state index in [2.05, 4.69) is 0 Å². The van der Waals surface area contributed by atoms with Gasteiger partial charge in [-0.3, -0.25) is 14.3 Å². The van der Waals surface area contributed by atoms with Gasteiger partial charge in [-0.15, -0.1) is 0 Å². The van der Waals surface area contributed by atoms with E-state index in [0.717, 1.165) is 16.8 Å². The molecular formula is C11H13IN2O6. The van der Waals surface area contributed by atoms with Crippen molar-refractivity contribution in [2.24, 2.45) is 0 Å². The molecule has 1 fully saturated rings. The third-order valence-electron chi connectivity index (χ3n) is 3.18. The zero-order chi connectivity index (χ0) is 14.9. The number of aliphatic hydroxyl groups is 3. The summed E-state index contributed by atoms with van der Waals surface area (Å²) in [6, 6.07) is 1.09. The normalized spacial score (nSPS) is 33.9. The first kappa shape index (κ1) is 15.4. The lowest BCUT2D eigenvalue weighted by Gasteiger charge is -2.26. The summed E-state index contributed by atoms with van der Waals surface area (Å²) in [7, 11) is 0. The van der Waals surface area contributed by atoms with Gasteiger partial charge in [0.15, 0.2) is 6.23 Å². The first-order valence-corrected chi connectivity index (χ1v) is 6.94. The van der Waals surface area contributed by atoms with Gasteiger partial charge in [0, 0.05) is 12.3 Å². The first-order valence-electron chi connectivity index (χ1n) is 5.70. The second-order valence-corrected chi connectivity index (χ2v) is 5.06. The minimum atomic E-state index is -1.82. The molecule has 2 rings (SSSR count). The van der Waals surface area contributed by atoms with Gasteiger partial charge in [0.2, 0.25) is 0 Å². The topological polar surface area (TPSA) is 125 Å². The Bertz CT molecular complexity index is 626. The standard InChI is InChI=1S/C11H13IN2O6/c12-3-2-11(19)6(5-15)20-9(8(11)17)14-4-1-7(16)13-10(14)18/h1-4,6,8-9,15,17,19H,5H2,(H,13,16,18)/b3-2+/t6-,8+,9-,11-/m1/s1. The monoisotopic (exact) mass is 396 g/mol. The van der Waals surface area contributed by atoms with E-state index >= 15 is 0 Å². The summed E-state index contributed by atoms with van der Waals surface area (Å²) in [6.07, 6.45) is -1.34. The fraction of sp³-hybridized carbons (Fsp3) is 0.455. The molecule has 0 radical (unpaired) electrons. The molecule has 0 aromatic carbocycles. The van der Waals surface area contributed by atoms with Crippen molar-refractivity contribution in [3.8, 4) is 0 Å². The predicted molar refractivity (Wildman–Crippen MR) is 76.4 cm³/mol. The number of hydrogen-bond donors (Lipinski definition) is 4. The van der Waals surface area contributed by atoms with Crippen LogP contribution in [0.15, 0.2) is 32.0 Å². The van der Waals surface area contributed by atoms with Crippen molar-refractivity contribution in [1.82, 2.24) is 9.55 Å². The molecule has 20 heavy (non-hydrogen) atoms. The molecule has 1 aromatic heterocycles. The van der Waals surface area contributed by atoms with E-state index in [0.29, 0.717) is 0 Å². The fourth-order valence-electron chi connectivity index (χ4n) is 2.11. The molecule has 0 aliphatic carbocycles. The minimum Gasteiger partial charge on any atom is -0.394 e. The van der Waals surface area contributed by atoms with E-state index in [9.17, 15) is 24.9 Å². The van der Waals surface area contributed by atoms with Crippen LogP contribution in [0.3, 0.4) is 0 Å². The number of nitrogens with zero attached hydrogens (tertiary/aromatic N) is 1. The number of nitrogens with one attached hydrogen (secondary N) is 1. The highest BCUT2D eigenvalue weighted by Crippen LogP contribution is 2.37. The van der Waals surface area contributed by atoms with Crippen molar-refractivity contribution < 1.29 is 20.1 Å². The van der Waals surface area contributed by atoms with Gasteiger partial charge in [-0.2, -0.15) is 0 Å². The smallest absolute Gasteiger partial charge is 0.330 e. The number of aromatic amines is 1. The third-order valence-corrected chi connectivity index (χ3v) is 3.54. The number of aliphatic hydroxyl groups excluding tert-OH is 2. The molecule has 0 unspecified atom stereocenters. The molecule has 0 spiro atoms. The average molecular weight is 396 g/mol. The van der Waals surface area contributed by atoms with Crippen LogP contribution in [-0.4, -0.2) is 49.3 Å². The Morgan fingerprint density at radius 2 is 2.25 bits per heavy atom. The SMILES string of the molecule is O=c1ccn([C@@H]2O[C@H](CO)[C@](O)(/C=C/I)[C@H]2O)c(=O)[nH]1. The molecule has 1 aliphatic rings. The molecule has 1 aromatic rings. The summed E-state index contributed by atoms with van der Waals surface area (Å²) in [4.78, 5) is 24.7. The van der Waals surface area contributed by atoms with Crippen LogP contribution < -0.4 is 11.2 Å². The highest BCUT2D eigenvalue weighted by Gasteiger charge is 2.54. The average Bonchev–Trinajstić information content (AvgIpc) is 2.63. The maximum atomic E-state index is 11.7. The predicted octanol–water partition coefficient (Wildman–Crippen LogP) is -1.53. The molecule has 1 saturated heterocycles. The van der Waals surface area contributed by atoms with Crippen molar-refractivity contribution in [3.05, 3.63) is 43.3 Å². The van der Waals surface area contributed by atoms with Gasteiger partial charge in [-0.05, 0) is 10.2 Å². The van der Waals surface area contributed by atoms with Crippen LogP contribution in [0.4, 0.5) is 0 Å². The molecule has 0 saturated carbocycles. The van der Waals surface area contributed by atoms with E-state index in [1.807, 2.05) is 27.6 Å². The maximum absolute atomic E-state index is 11.7. The van der Waals surface area contributed by atoms with Crippen LogP contribution >= 0.6 is 22.6 Å². The minimum absolute atomic E-state index is 0.539. The zero-order valence-corrected chi connectivity index (χ0v) is 12.3. The molecule has 110 valence electrons. The summed E-state index contributed by atoms with van der Waals surface area (Å²) < 4.78 is 7.76. The van der Waals surface area contributed by atoms with Crippen LogP contribution in [0.2, 0.25) is 0 Å². The molecule has 2 heterocycles. The van der Waals surface area contributed by atoms with Crippen molar-refractivity contribution in [3.63, 3.8) is 0 Å². The molecule has 9 heteroatoms. The van der Waals surface area contributed by atoms with Crippen LogP contribution in [0.5, 0.6) is 0 Å². The number of aromatic nitrogens is 2. The molecule has 4 N–H and O–H groups in total. The van der Waals surface area contributed by atoms with E-state index in [-0.39, 0.29) is 0 Å². The Morgan fingerprint density at radius 1 is 1.55 bits per heavy atom. The summed E-state index contributed by atoms with van der Waals surface area (Å²) in [6.45, 7) is -0.539. The van der Waals surface area contributed by atoms with Gasteiger partial charge in [0.1, 0.15) is 17.8 Å². The van der Waals surface area contributed by atoms with Gasteiger partial charge in [-0.1, -0.05) is 22.6 Å². The van der Waals surface area contributed by atoms with E-state index < -0.39 is 41.9 Å². The van der Waals surface area contributed by atoms with Gasteiger partial charge < -0.3 is 20.1 Å². The summed E-state index contributed by atoms with van der Waals surface area (Å²) in [5.41, 5.74) is -3.18.